The van der Waals surface area contributed by atoms with Crippen LogP contribution in [0.25, 0.3) is 0 Å². The number of carbonyl (C=O) groups is 1. The monoisotopic (exact) mass is 488 g/mol. The largest absolute Gasteiger partial charge is 0.484 e. The van der Waals surface area contributed by atoms with Crippen molar-refractivity contribution in [3.63, 3.8) is 0 Å². The lowest BCUT2D eigenvalue weighted by molar-refractivity contribution is -0.140. The Bertz CT molecular complexity index is 1200. The summed E-state index contributed by atoms with van der Waals surface area (Å²) in [5, 5.41) is 3.85. The first-order chi connectivity index (χ1) is 15.0. The molecule has 0 radical (unpaired) electrons. The second-order valence-corrected chi connectivity index (χ2v) is 9.57. The molecule has 0 aliphatic heterocycles. The van der Waals surface area contributed by atoms with Crippen molar-refractivity contribution in [2.75, 3.05) is 23.3 Å². The van der Waals surface area contributed by atoms with Gasteiger partial charge in [0.15, 0.2) is 6.61 Å². The number of nitrogens with one attached hydrogen (secondary N) is 1. The molecule has 12 heteroatoms. The Morgan fingerprint density at radius 2 is 1.81 bits per heavy atom. The van der Waals surface area contributed by atoms with Crippen molar-refractivity contribution in [3.8, 4) is 5.75 Å². The average molecular weight is 488 g/mol. The lowest BCUT2D eigenvalue weighted by atomic mass is 10.2. The molecular weight excluding hydrogens is 472 g/mol. The van der Waals surface area contributed by atoms with E-state index >= 15 is 0 Å². The molecule has 0 fully saturated rings. The van der Waals surface area contributed by atoms with Gasteiger partial charge < -0.3 is 10.1 Å². The Morgan fingerprint density at radius 3 is 2.41 bits per heavy atom. The van der Waals surface area contributed by atoms with Gasteiger partial charge in [0.25, 0.3) is 15.9 Å². The van der Waals surface area contributed by atoms with Gasteiger partial charge in [-0.05, 0) is 53.9 Å². The normalized spacial score (nSPS) is 11.8. The lowest BCUT2D eigenvalue weighted by Crippen LogP contribution is -2.25. The van der Waals surface area contributed by atoms with Crippen LogP contribution in [0.15, 0.2) is 64.2 Å². The quantitative estimate of drug-likeness (QED) is 0.487. The SMILES string of the molecule is CN(c1ccc(OCC(=O)Nc2ccc(F)c(C(F)(F)F)c2)cc1)S(=O)(=O)c1cccs1. The van der Waals surface area contributed by atoms with Gasteiger partial charge in [-0.15, -0.1) is 11.3 Å². The molecule has 1 aromatic heterocycles. The van der Waals surface area contributed by atoms with Crippen molar-refractivity contribution in [2.45, 2.75) is 10.4 Å². The molecule has 3 aromatic rings. The molecule has 0 aliphatic rings. The van der Waals surface area contributed by atoms with Gasteiger partial charge in [-0.3, -0.25) is 9.10 Å². The van der Waals surface area contributed by atoms with Crippen molar-refractivity contribution in [2.24, 2.45) is 0 Å². The number of benzene rings is 2. The van der Waals surface area contributed by atoms with Crippen LogP contribution in [0.1, 0.15) is 5.56 Å². The number of hydrogen-bond acceptors (Lipinski definition) is 5. The third-order valence-electron chi connectivity index (χ3n) is 4.24. The number of carbonyl (C=O) groups excluding carboxylic acids is 1. The van der Waals surface area contributed by atoms with E-state index in [0.717, 1.165) is 21.7 Å². The minimum absolute atomic E-state index is 0.187. The zero-order valence-corrected chi connectivity index (χ0v) is 18.0. The molecule has 1 heterocycles. The van der Waals surface area contributed by atoms with Crippen molar-refractivity contribution >= 4 is 38.6 Å². The Hall–Kier alpha value is -3.12. The third kappa shape index (κ3) is 5.37. The van der Waals surface area contributed by atoms with Crippen LogP contribution in [0.4, 0.5) is 28.9 Å². The number of ether oxygens (including phenoxy) is 1. The first-order valence-electron chi connectivity index (χ1n) is 8.90. The zero-order valence-electron chi connectivity index (χ0n) is 16.4. The minimum atomic E-state index is -4.90. The fourth-order valence-corrected chi connectivity index (χ4v) is 4.96. The van der Waals surface area contributed by atoms with Crippen LogP contribution in [0, 0.1) is 5.82 Å². The Labute approximate surface area is 185 Å². The Balaban J connectivity index is 1.60. The molecule has 32 heavy (non-hydrogen) atoms. The van der Waals surface area contributed by atoms with Crippen LogP contribution in [0.2, 0.25) is 0 Å². The van der Waals surface area contributed by atoms with Gasteiger partial charge in [0.05, 0.1) is 11.3 Å². The molecule has 0 unspecified atom stereocenters. The summed E-state index contributed by atoms with van der Waals surface area (Å²) in [4.78, 5) is 12.0. The molecule has 0 spiro atoms. The highest BCUT2D eigenvalue weighted by Crippen LogP contribution is 2.33. The van der Waals surface area contributed by atoms with Crippen LogP contribution >= 0.6 is 11.3 Å². The molecule has 0 saturated heterocycles. The molecule has 3 rings (SSSR count). The van der Waals surface area contributed by atoms with Crippen LogP contribution in [0.5, 0.6) is 5.75 Å². The van der Waals surface area contributed by atoms with E-state index in [2.05, 4.69) is 5.32 Å². The number of halogens is 4. The first kappa shape index (κ1) is 23.5. The summed E-state index contributed by atoms with van der Waals surface area (Å²) in [6.07, 6.45) is -4.90. The number of thiophene rings is 1. The summed E-state index contributed by atoms with van der Waals surface area (Å²) in [5.74, 6) is -1.97. The standard InChI is InChI=1S/C20H16F4N2O4S2/c1-26(32(28,29)19-3-2-10-31-19)14-5-7-15(8-6-14)30-12-18(27)25-13-4-9-17(21)16(11-13)20(22,23)24/h2-11H,12H2,1H3,(H,25,27). The summed E-state index contributed by atoms with van der Waals surface area (Å²) < 4.78 is 83.2. The first-order valence-corrected chi connectivity index (χ1v) is 11.2. The number of anilines is 2. The van der Waals surface area contributed by atoms with Gasteiger partial charge >= 0.3 is 6.18 Å². The molecular formula is C20H16F4N2O4S2. The maximum absolute atomic E-state index is 13.3. The zero-order chi connectivity index (χ0) is 23.5. The van der Waals surface area contributed by atoms with E-state index in [1.54, 1.807) is 11.4 Å². The third-order valence-corrected chi connectivity index (χ3v) is 7.39. The number of amides is 1. The smallest absolute Gasteiger partial charge is 0.419 e. The molecule has 0 atom stereocenters. The molecule has 0 bridgehead atoms. The Kier molecular flexibility index (Phi) is 6.74. The van der Waals surface area contributed by atoms with Crippen LogP contribution in [0.3, 0.4) is 0 Å². The molecule has 2 aromatic carbocycles. The molecule has 0 aliphatic carbocycles. The summed E-state index contributed by atoms with van der Waals surface area (Å²) in [6.45, 7) is -0.526. The molecule has 0 saturated carbocycles. The van der Waals surface area contributed by atoms with Crippen molar-refractivity contribution in [1.82, 2.24) is 0 Å². The summed E-state index contributed by atoms with van der Waals surface area (Å²) in [6, 6.07) is 11.1. The second-order valence-electron chi connectivity index (χ2n) is 6.43. The van der Waals surface area contributed by atoms with E-state index in [4.69, 9.17) is 4.74 Å². The lowest BCUT2D eigenvalue weighted by Gasteiger charge is -2.18. The highest BCUT2D eigenvalue weighted by atomic mass is 32.2. The van der Waals surface area contributed by atoms with Crippen LogP contribution < -0.4 is 14.4 Å². The van der Waals surface area contributed by atoms with Gasteiger partial charge in [0.1, 0.15) is 15.8 Å². The van der Waals surface area contributed by atoms with Gasteiger partial charge in [-0.25, -0.2) is 12.8 Å². The number of rotatable bonds is 7. The predicted molar refractivity (Wildman–Crippen MR) is 112 cm³/mol. The van der Waals surface area contributed by atoms with E-state index in [0.29, 0.717) is 17.8 Å². The number of sulfonamides is 1. The van der Waals surface area contributed by atoms with Gasteiger partial charge in [0, 0.05) is 12.7 Å². The van der Waals surface area contributed by atoms with E-state index in [1.807, 2.05) is 0 Å². The van der Waals surface area contributed by atoms with Gasteiger partial charge in [0.2, 0.25) is 0 Å². The summed E-state index contributed by atoms with van der Waals surface area (Å²) in [5.41, 5.74) is -1.36. The van der Waals surface area contributed by atoms with Crippen molar-refractivity contribution in [1.29, 1.82) is 0 Å². The molecule has 170 valence electrons. The topological polar surface area (TPSA) is 75.7 Å². The molecule has 6 nitrogen and oxygen atoms in total. The fraction of sp³-hybridized carbons (Fsp3) is 0.150. The summed E-state index contributed by atoms with van der Waals surface area (Å²) >= 11 is 1.09. The highest BCUT2D eigenvalue weighted by Gasteiger charge is 2.34. The fourth-order valence-electron chi connectivity index (χ4n) is 2.60. The number of nitrogens with zero attached hydrogens (tertiary/aromatic N) is 1. The van der Waals surface area contributed by atoms with Gasteiger partial charge in [-0.1, -0.05) is 6.07 Å². The van der Waals surface area contributed by atoms with Crippen molar-refractivity contribution < 1.29 is 35.5 Å². The van der Waals surface area contributed by atoms with Crippen molar-refractivity contribution in [3.05, 3.63) is 71.4 Å². The highest BCUT2D eigenvalue weighted by molar-refractivity contribution is 7.94. The van der Waals surface area contributed by atoms with Gasteiger partial charge in [-0.2, -0.15) is 13.2 Å². The maximum atomic E-state index is 13.3. The Morgan fingerprint density at radius 1 is 1.12 bits per heavy atom. The molecule has 1 amide bonds. The minimum Gasteiger partial charge on any atom is -0.484 e. The van der Waals surface area contributed by atoms with E-state index < -0.39 is 40.1 Å². The number of alkyl halides is 3. The second kappa shape index (κ2) is 9.17. The summed E-state index contributed by atoms with van der Waals surface area (Å²) in [7, 11) is -2.30. The average Bonchev–Trinajstić information content (AvgIpc) is 3.28. The predicted octanol–water partition coefficient (Wildman–Crippen LogP) is 4.75. The maximum Gasteiger partial charge on any atom is 0.419 e. The van der Waals surface area contributed by atoms with Crippen LogP contribution in [-0.4, -0.2) is 28.0 Å². The molecule has 1 N–H and O–H groups in total. The number of hydrogen-bond donors (Lipinski definition) is 1. The van der Waals surface area contributed by atoms with Crippen LogP contribution in [-0.2, 0) is 21.0 Å². The van der Waals surface area contributed by atoms with E-state index in [-0.39, 0.29) is 15.6 Å². The van der Waals surface area contributed by atoms with E-state index in [9.17, 15) is 30.8 Å². The van der Waals surface area contributed by atoms with E-state index in [1.165, 1.54) is 37.4 Å².